The van der Waals surface area contributed by atoms with E-state index in [1.54, 1.807) is 7.11 Å². The van der Waals surface area contributed by atoms with Gasteiger partial charge in [-0.15, -0.1) is 0 Å². The molecule has 2 N–H and O–H groups in total. The smallest absolute Gasteiger partial charge is 0.122 e. The van der Waals surface area contributed by atoms with E-state index in [2.05, 4.69) is 37.9 Å². The van der Waals surface area contributed by atoms with Gasteiger partial charge in [-0.05, 0) is 62.8 Å². The Morgan fingerprint density at radius 2 is 1.74 bits per heavy atom. The normalized spacial score (nSPS) is 23.2. The quantitative estimate of drug-likeness (QED) is 0.910. The number of nitrogens with two attached hydrogens (primary N) is 1. The number of hydrogen-bond donors (Lipinski definition) is 1. The Balaban J connectivity index is 2.19. The van der Waals surface area contributed by atoms with Crippen molar-refractivity contribution in [2.45, 2.75) is 51.6 Å². The fraction of sp³-hybridized carbons (Fsp3) is 0.625. The van der Waals surface area contributed by atoms with Gasteiger partial charge in [0.05, 0.1) is 7.11 Å². The van der Waals surface area contributed by atoms with Crippen molar-refractivity contribution in [2.24, 2.45) is 5.73 Å². The van der Waals surface area contributed by atoms with Crippen molar-refractivity contribution in [2.75, 3.05) is 19.1 Å². The molecule has 0 unspecified atom stereocenters. The van der Waals surface area contributed by atoms with Gasteiger partial charge in [0.25, 0.3) is 0 Å². The first kappa shape index (κ1) is 14.2. The molecular weight excluding hydrogens is 236 g/mol. The molecule has 1 fully saturated rings. The monoisotopic (exact) mass is 262 g/mol. The Hall–Kier alpha value is -1.22. The van der Waals surface area contributed by atoms with Crippen LogP contribution in [0.15, 0.2) is 12.1 Å². The van der Waals surface area contributed by atoms with E-state index >= 15 is 0 Å². The molecule has 3 heteroatoms. The minimum Gasteiger partial charge on any atom is -0.496 e. The third-order valence-electron chi connectivity index (χ3n) is 4.60. The number of rotatable bonds is 3. The first-order valence-electron chi connectivity index (χ1n) is 7.17. The van der Waals surface area contributed by atoms with Gasteiger partial charge in [0.15, 0.2) is 0 Å². The van der Waals surface area contributed by atoms with Crippen LogP contribution < -0.4 is 15.4 Å². The van der Waals surface area contributed by atoms with Crippen LogP contribution in [0, 0.1) is 13.8 Å². The van der Waals surface area contributed by atoms with Crippen molar-refractivity contribution in [1.82, 2.24) is 0 Å². The van der Waals surface area contributed by atoms with Gasteiger partial charge in [-0.25, -0.2) is 0 Å². The standard InChI is InChI=1S/C16H26N2O/c1-11-12(2)16(19-4)10-9-15(11)18(3)14-7-5-13(17)6-8-14/h9-10,13-14H,5-8,17H2,1-4H3. The summed E-state index contributed by atoms with van der Waals surface area (Å²) in [4.78, 5) is 2.42. The molecule has 0 bridgehead atoms. The van der Waals surface area contributed by atoms with Crippen molar-refractivity contribution in [3.63, 3.8) is 0 Å². The molecule has 0 amide bonds. The minimum atomic E-state index is 0.406. The fourth-order valence-corrected chi connectivity index (χ4v) is 3.07. The average Bonchev–Trinajstić information content (AvgIpc) is 2.42. The highest BCUT2D eigenvalue weighted by Crippen LogP contribution is 2.32. The van der Waals surface area contributed by atoms with Gasteiger partial charge in [0, 0.05) is 24.8 Å². The average molecular weight is 262 g/mol. The van der Waals surface area contributed by atoms with Gasteiger partial charge >= 0.3 is 0 Å². The highest BCUT2D eigenvalue weighted by atomic mass is 16.5. The summed E-state index contributed by atoms with van der Waals surface area (Å²) in [7, 11) is 3.93. The third kappa shape index (κ3) is 2.86. The van der Waals surface area contributed by atoms with Gasteiger partial charge in [-0.2, -0.15) is 0 Å². The lowest BCUT2D eigenvalue weighted by molar-refractivity contribution is 0.384. The van der Waals surface area contributed by atoms with E-state index in [4.69, 9.17) is 10.5 Å². The van der Waals surface area contributed by atoms with E-state index in [9.17, 15) is 0 Å². The number of benzene rings is 1. The Morgan fingerprint density at radius 1 is 1.11 bits per heavy atom. The van der Waals surface area contributed by atoms with Crippen molar-refractivity contribution >= 4 is 5.69 Å². The van der Waals surface area contributed by atoms with Gasteiger partial charge in [0.2, 0.25) is 0 Å². The van der Waals surface area contributed by atoms with Crippen LogP contribution >= 0.6 is 0 Å². The molecule has 0 aliphatic heterocycles. The second kappa shape index (κ2) is 5.83. The number of hydrogen-bond acceptors (Lipinski definition) is 3. The zero-order valence-electron chi connectivity index (χ0n) is 12.6. The molecule has 1 aliphatic rings. The number of methoxy groups -OCH3 is 1. The van der Waals surface area contributed by atoms with Gasteiger partial charge < -0.3 is 15.4 Å². The summed E-state index contributed by atoms with van der Waals surface area (Å²) in [6.07, 6.45) is 4.68. The van der Waals surface area contributed by atoms with E-state index in [0.29, 0.717) is 12.1 Å². The van der Waals surface area contributed by atoms with Crippen LogP contribution in [0.25, 0.3) is 0 Å². The minimum absolute atomic E-state index is 0.406. The summed E-state index contributed by atoms with van der Waals surface area (Å²) < 4.78 is 5.39. The Kier molecular flexibility index (Phi) is 4.35. The second-order valence-electron chi connectivity index (χ2n) is 5.72. The number of ether oxygens (including phenoxy) is 1. The maximum Gasteiger partial charge on any atom is 0.122 e. The second-order valence-corrected chi connectivity index (χ2v) is 5.72. The maximum atomic E-state index is 5.99. The van der Waals surface area contributed by atoms with Crippen LogP contribution in [0.1, 0.15) is 36.8 Å². The zero-order valence-corrected chi connectivity index (χ0v) is 12.6. The predicted octanol–water partition coefficient (Wildman–Crippen LogP) is 3.02. The van der Waals surface area contributed by atoms with Crippen LogP contribution in [0.3, 0.4) is 0 Å². The molecule has 1 aromatic carbocycles. The molecule has 1 aliphatic carbocycles. The summed E-state index contributed by atoms with van der Waals surface area (Å²) in [5.74, 6) is 0.973. The Morgan fingerprint density at radius 3 is 2.32 bits per heavy atom. The first-order chi connectivity index (χ1) is 9.04. The molecule has 0 aromatic heterocycles. The van der Waals surface area contributed by atoms with E-state index in [-0.39, 0.29) is 0 Å². The SMILES string of the molecule is COc1ccc(N(C)C2CCC(N)CC2)c(C)c1C. The lowest BCUT2D eigenvalue weighted by Gasteiger charge is -2.36. The third-order valence-corrected chi connectivity index (χ3v) is 4.60. The molecule has 0 spiro atoms. The van der Waals surface area contributed by atoms with Crippen molar-refractivity contribution in [1.29, 1.82) is 0 Å². The summed E-state index contributed by atoms with van der Waals surface area (Å²) in [5, 5.41) is 0. The predicted molar refractivity (Wildman–Crippen MR) is 81.1 cm³/mol. The van der Waals surface area contributed by atoms with Crippen LogP contribution in [-0.4, -0.2) is 26.2 Å². The summed E-state index contributed by atoms with van der Waals surface area (Å²) in [6, 6.07) is 5.27. The highest BCUT2D eigenvalue weighted by molar-refractivity contribution is 5.60. The number of nitrogens with zero attached hydrogens (tertiary/aromatic N) is 1. The first-order valence-corrected chi connectivity index (χ1v) is 7.17. The lowest BCUT2D eigenvalue weighted by Crippen LogP contribution is -2.39. The Bertz CT molecular complexity index is 437. The molecule has 0 saturated heterocycles. The summed E-state index contributed by atoms with van der Waals surface area (Å²) >= 11 is 0. The maximum absolute atomic E-state index is 5.99. The number of anilines is 1. The van der Waals surface area contributed by atoms with Crippen molar-refractivity contribution in [3.05, 3.63) is 23.3 Å². The molecule has 19 heavy (non-hydrogen) atoms. The summed E-state index contributed by atoms with van der Waals surface area (Å²) in [5.41, 5.74) is 9.86. The van der Waals surface area contributed by atoms with Gasteiger partial charge in [-0.1, -0.05) is 0 Å². The highest BCUT2D eigenvalue weighted by Gasteiger charge is 2.23. The van der Waals surface area contributed by atoms with Gasteiger partial charge in [0.1, 0.15) is 5.75 Å². The van der Waals surface area contributed by atoms with E-state index in [1.807, 2.05) is 0 Å². The molecule has 1 saturated carbocycles. The molecule has 3 nitrogen and oxygen atoms in total. The molecule has 2 rings (SSSR count). The van der Waals surface area contributed by atoms with Crippen LogP contribution in [0.4, 0.5) is 5.69 Å². The lowest BCUT2D eigenvalue weighted by atomic mass is 9.90. The largest absolute Gasteiger partial charge is 0.496 e. The van der Waals surface area contributed by atoms with Crippen LogP contribution in [0.2, 0.25) is 0 Å². The Labute approximate surface area is 116 Å². The molecular formula is C16H26N2O. The molecule has 1 aromatic rings. The van der Waals surface area contributed by atoms with E-state index in [1.165, 1.54) is 29.7 Å². The summed E-state index contributed by atoms with van der Waals surface area (Å²) in [6.45, 7) is 4.31. The fourth-order valence-electron chi connectivity index (χ4n) is 3.07. The van der Waals surface area contributed by atoms with Crippen molar-refractivity contribution in [3.8, 4) is 5.75 Å². The molecule has 0 heterocycles. The van der Waals surface area contributed by atoms with E-state index < -0.39 is 0 Å². The topological polar surface area (TPSA) is 38.5 Å². The van der Waals surface area contributed by atoms with Crippen LogP contribution in [-0.2, 0) is 0 Å². The molecule has 106 valence electrons. The molecule has 0 atom stereocenters. The van der Waals surface area contributed by atoms with Gasteiger partial charge in [-0.3, -0.25) is 0 Å². The zero-order chi connectivity index (χ0) is 14.0. The van der Waals surface area contributed by atoms with E-state index in [0.717, 1.165) is 18.6 Å². The van der Waals surface area contributed by atoms with Crippen LogP contribution in [0.5, 0.6) is 5.75 Å². The molecule has 0 radical (unpaired) electrons. The van der Waals surface area contributed by atoms with Crippen molar-refractivity contribution < 1.29 is 4.74 Å².